The van der Waals surface area contributed by atoms with Crippen molar-refractivity contribution in [3.05, 3.63) is 24.3 Å². The molecule has 0 spiro atoms. The van der Waals surface area contributed by atoms with Gasteiger partial charge in [0.25, 0.3) is 5.91 Å². The minimum absolute atomic E-state index is 0.00302. The van der Waals surface area contributed by atoms with Crippen LogP contribution in [0.5, 0.6) is 5.75 Å². The number of hydrogen-bond donors (Lipinski definition) is 3. The number of carbonyl (C=O) groups is 3. The van der Waals surface area contributed by atoms with Crippen molar-refractivity contribution in [1.29, 1.82) is 0 Å². The fourth-order valence-corrected chi connectivity index (χ4v) is 2.91. The molecule has 2 aliphatic rings. The molecule has 140 valence electrons. The molecule has 1 heterocycles. The molecule has 3 N–H and O–H groups in total. The Labute approximate surface area is 150 Å². The Morgan fingerprint density at radius 2 is 2.12 bits per heavy atom. The Balaban J connectivity index is 1.52. The molecule has 3 rings (SSSR count). The maximum Gasteiger partial charge on any atom is 0.305 e. The third kappa shape index (κ3) is 4.95. The zero-order valence-corrected chi connectivity index (χ0v) is 14.3. The molecule has 1 atom stereocenters. The summed E-state index contributed by atoms with van der Waals surface area (Å²) in [5, 5.41) is 14.6. The van der Waals surface area contributed by atoms with E-state index in [1.165, 1.54) is 0 Å². The third-order valence-corrected chi connectivity index (χ3v) is 4.42. The van der Waals surface area contributed by atoms with Crippen LogP contribution in [0.25, 0.3) is 0 Å². The number of anilines is 1. The van der Waals surface area contributed by atoms with Crippen LogP contribution < -0.4 is 15.4 Å². The van der Waals surface area contributed by atoms with Crippen molar-refractivity contribution >= 4 is 23.5 Å². The summed E-state index contributed by atoms with van der Waals surface area (Å²) in [6.45, 7) is 0.340. The molecule has 0 aromatic heterocycles. The van der Waals surface area contributed by atoms with Crippen LogP contribution in [0.4, 0.5) is 5.69 Å². The zero-order valence-electron chi connectivity index (χ0n) is 14.3. The van der Waals surface area contributed by atoms with Crippen molar-refractivity contribution in [1.82, 2.24) is 5.32 Å². The van der Waals surface area contributed by atoms with Crippen LogP contribution in [0.3, 0.4) is 0 Å². The van der Waals surface area contributed by atoms with E-state index in [9.17, 15) is 14.4 Å². The molecule has 26 heavy (non-hydrogen) atoms. The smallest absolute Gasteiger partial charge is 0.305 e. The second-order valence-corrected chi connectivity index (χ2v) is 6.78. The monoisotopic (exact) mass is 362 g/mol. The van der Waals surface area contributed by atoms with Gasteiger partial charge in [0.05, 0.1) is 18.6 Å². The maximum atomic E-state index is 12.2. The van der Waals surface area contributed by atoms with Crippen molar-refractivity contribution in [2.75, 3.05) is 25.1 Å². The first-order valence-corrected chi connectivity index (χ1v) is 8.60. The number of benzene rings is 1. The fourth-order valence-electron chi connectivity index (χ4n) is 2.91. The molecule has 1 saturated heterocycles. The molecule has 0 radical (unpaired) electrons. The van der Waals surface area contributed by atoms with E-state index >= 15 is 0 Å². The number of rotatable bonds is 8. The van der Waals surface area contributed by atoms with Gasteiger partial charge < -0.3 is 25.2 Å². The van der Waals surface area contributed by atoms with Crippen LogP contribution in [0.2, 0.25) is 0 Å². The SMILES string of the molecule is O=C(O)CC1(NC(=O)COc2cccc(NC(=O)C3CC3)c2)CCOC1. The van der Waals surface area contributed by atoms with E-state index in [2.05, 4.69) is 10.6 Å². The molecule has 1 aromatic rings. The van der Waals surface area contributed by atoms with Crippen molar-refractivity contribution in [2.45, 2.75) is 31.2 Å². The number of carbonyl (C=O) groups excluding carboxylic acids is 2. The Morgan fingerprint density at radius 1 is 1.31 bits per heavy atom. The summed E-state index contributed by atoms with van der Waals surface area (Å²) >= 11 is 0. The molecule has 1 unspecified atom stereocenters. The minimum Gasteiger partial charge on any atom is -0.484 e. The highest BCUT2D eigenvalue weighted by molar-refractivity contribution is 5.94. The maximum absolute atomic E-state index is 12.2. The van der Waals surface area contributed by atoms with Crippen LogP contribution in [0.1, 0.15) is 25.7 Å². The number of nitrogens with one attached hydrogen (secondary N) is 2. The number of ether oxygens (including phenoxy) is 2. The molecule has 8 heteroatoms. The van der Waals surface area contributed by atoms with Gasteiger partial charge in [-0.3, -0.25) is 14.4 Å². The highest BCUT2D eigenvalue weighted by Gasteiger charge is 2.38. The highest BCUT2D eigenvalue weighted by Crippen LogP contribution is 2.30. The van der Waals surface area contributed by atoms with E-state index in [-0.39, 0.29) is 31.5 Å². The minimum atomic E-state index is -0.990. The lowest BCUT2D eigenvalue weighted by atomic mass is 9.94. The lowest BCUT2D eigenvalue weighted by Crippen LogP contribution is -2.51. The number of carboxylic acids is 1. The normalized spacial score (nSPS) is 21.8. The van der Waals surface area contributed by atoms with Crippen LogP contribution in [-0.2, 0) is 19.1 Å². The van der Waals surface area contributed by atoms with E-state index in [4.69, 9.17) is 14.6 Å². The summed E-state index contributed by atoms with van der Waals surface area (Å²) in [5.41, 5.74) is -0.266. The second kappa shape index (κ2) is 7.74. The summed E-state index contributed by atoms with van der Waals surface area (Å²) in [4.78, 5) is 35.0. The summed E-state index contributed by atoms with van der Waals surface area (Å²) in [7, 11) is 0. The van der Waals surface area contributed by atoms with Gasteiger partial charge >= 0.3 is 5.97 Å². The van der Waals surface area contributed by atoms with Gasteiger partial charge in [0, 0.05) is 24.3 Å². The summed E-state index contributed by atoms with van der Waals surface area (Å²) in [5.74, 6) is -0.857. The molecule has 2 fully saturated rings. The van der Waals surface area contributed by atoms with Crippen LogP contribution in [0.15, 0.2) is 24.3 Å². The van der Waals surface area contributed by atoms with E-state index in [0.717, 1.165) is 12.8 Å². The van der Waals surface area contributed by atoms with Crippen LogP contribution >= 0.6 is 0 Å². The summed E-state index contributed by atoms with van der Waals surface area (Å²) in [6.07, 6.45) is 2.10. The number of hydrogen-bond acceptors (Lipinski definition) is 5. The number of carboxylic acid groups (broad SMARTS) is 1. The van der Waals surface area contributed by atoms with Crippen molar-refractivity contribution < 1.29 is 29.0 Å². The average Bonchev–Trinajstić information content (AvgIpc) is 3.35. The third-order valence-electron chi connectivity index (χ3n) is 4.42. The lowest BCUT2D eigenvalue weighted by molar-refractivity contribution is -0.139. The van der Waals surface area contributed by atoms with Gasteiger partial charge in [-0.05, 0) is 31.4 Å². The van der Waals surface area contributed by atoms with E-state index in [1.54, 1.807) is 24.3 Å². The van der Waals surface area contributed by atoms with Crippen molar-refractivity contribution in [2.24, 2.45) is 5.92 Å². The molecule has 2 amide bonds. The molecular formula is C18H22N2O6. The fraction of sp³-hybridized carbons (Fsp3) is 0.500. The Bertz CT molecular complexity index is 695. The molecular weight excluding hydrogens is 340 g/mol. The molecule has 0 bridgehead atoms. The summed E-state index contributed by atoms with van der Waals surface area (Å²) < 4.78 is 10.7. The molecule has 1 aliphatic heterocycles. The lowest BCUT2D eigenvalue weighted by Gasteiger charge is -2.26. The quantitative estimate of drug-likeness (QED) is 0.639. The van der Waals surface area contributed by atoms with E-state index < -0.39 is 17.4 Å². The number of aliphatic carboxylic acids is 1. The van der Waals surface area contributed by atoms with Gasteiger partial charge in [-0.25, -0.2) is 0 Å². The van der Waals surface area contributed by atoms with Gasteiger partial charge in [0.15, 0.2) is 6.61 Å². The highest BCUT2D eigenvalue weighted by atomic mass is 16.5. The standard InChI is InChI=1S/C18H22N2O6/c21-15(20-18(9-16(22)23)6-7-25-11-18)10-26-14-3-1-2-13(8-14)19-17(24)12-4-5-12/h1-3,8,12H,4-7,9-11H2,(H,19,24)(H,20,21)(H,22,23). The largest absolute Gasteiger partial charge is 0.484 e. The van der Waals surface area contributed by atoms with Gasteiger partial charge in [0.1, 0.15) is 5.75 Å². The summed E-state index contributed by atoms with van der Waals surface area (Å²) in [6, 6.07) is 6.82. The first-order valence-electron chi connectivity index (χ1n) is 8.60. The van der Waals surface area contributed by atoms with Gasteiger partial charge in [0.2, 0.25) is 5.91 Å². The topological polar surface area (TPSA) is 114 Å². The molecule has 1 saturated carbocycles. The van der Waals surface area contributed by atoms with Crippen LogP contribution in [0, 0.1) is 5.92 Å². The van der Waals surface area contributed by atoms with Crippen molar-refractivity contribution in [3.63, 3.8) is 0 Å². The average molecular weight is 362 g/mol. The molecule has 1 aromatic carbocycles. The van der Waals surface area contributed by atoms with Crippen LogP contribution in [-0.4, -0.2) is 48.2 Å². The predicted octanol–water partition coefficient (Wildman–Crippen LogP) is 1.16. The van der Waals surface area contributed by atoms with E-state index in [0.29, 0.717) is 24.5 Å². The molecule has 8 nitrogen and oxygen atoms in total. The van der Waals surface area contributed by atoms with Gasteiger partial charge in [-0.15, -0.1) is 0 Å². The zero-order chi connectivity index (χ0) is 18.6. The Kier molecular flexibility index (Phi) is 5.41. The van der Waals surface area contributed by atoms with Gasteiger partial charge in [-0.2, -0.15) is 0 Å². The number of amides is 2. The predicted molar refractivity (Wildman–Crippen MR) is 91.9 cm³/mol. The second-order valence-electron chi connectivity index (χ2n) is 6.78. The first kappa shape index (κ1) is 18.2. The Hall–Kier alpha value is -2.61. The Morgan fingerprint density at radius 3 is 2.77 bits per heavy atom. The first-order chi connectivity index (χ1) is 12.5. The van der Waals surface area contributed by atoms with Gasteiger partial charge in [-0.1, -0.05) is 6.07 Å². The van der Waals surface area contributed by atoms with Crippen molar-refractivity contribution in [3.8, 4) is 5.75 Å². The van der Waals surface area contributed by atoms with E-state index in [1.807, 2.05) is 0 Å². The molecule has 1 aliphatic carbocycles.